The van der Waals surface area contributed by atoms with Crippen LogP contribution in [-0.2, 0) is 9.59 Å². The normalized spacial score (nSPS) is 28.8. The first-order valence-corrected chi connectivity index (χ1v) is 5.78. The topological polar surface area (TPSA) is 66.4 Å². The minimum absolute atomic E-state index is 0.174. The molecule has 2 unspecified atom stereocenters. The molecule has 1 saturated carbocycles. The summed E-state index contributed by atoms with van der Waals surface area (Å²) in [4.78, 5) is 22.6. The third-order valence-corrected chi connectivity index (χ3v) is 3.40. The molecule has 1 amide bonds. The quantitative estimate of drug-likeness (QED) is 0.822. The van der Waals surface area contributed by atoms with Gasteiger partial charge in [-0.2, -0.15) is 13.2 Å². The molecule has 0 aromatic heterocycles. The summed E-state index contributed by atoms with van der Waals surface area (Å²) in [5, 5.41) is 11.3. The van der Waals surface area contributed by atoms with Gasteiger partial charge in [0.25, 0.3) is 0 Å². The Kier molecular flexibility index (Phi) is 4.24. The lowest BCUT2D eigenvalue weighted by Crippen LogP contribution is -2.60. The van der Waals surface area contributed by atoms with E-state index in [1.54, 1.807) is 6.92 Å². The molecule has 4 nitrogen and oxygen atoms in total. The Morgan fingerprint density at radius 3 is 2.44 bits per heavy atom. The highest BCUT2D eigenvalue weighted by Gasteiger charge is 2.47. The summed E-state index contributed by atoms with van der Waals surface area (Å²) < 4.78 is 36.2. The standard InChI is InChI=1S/C11H16F3NO3/c1-7-4-2-3-5-10(7,9(17)18)15-8(16)6-11(12,13)14/h7H,2-6H2,1H3,(H,15,16)(H,17,18). The van der Waals surface area contributed by atoms with Crippen molar-refractivity contribution in [2.24, 2.45) is 5.92 Å². The number of hydrogen-bond donors (Lipinski definition) is 2. The third kappa shape index (κ3) is 3.36. The van der Waals surface area contributed by atoms with Crippen molar-refractivity contribution < 1.29 is 27.9 Å². The van der Waals surface area contributed by atoms with Gasteiger partial charge in [-0.3, -0.25) is 4.79 Å². The predicted molar refractivity (Wildman–Crippen MR) is 56.8 cm³/mol. The summed E-state index contributed by atoms with van der Waals surface area (Å²) in [6, 6.07) is 0. The van der Waals surface area contributed by atoms with Crippen LogP contribution in [-0.4, -0.2) is 28.7 Å². The predicted octanol–water partition coefficient (Wildman–Crippen LogP) is 2.09. The Hall–Kier alpha value is -1.27. The smallest absolute Gasteiger partial charge is 0.397 e. The molecule has 2 atom stereocenters. The van der Waals surface area contributed by atoms with Gasteiger partial charge < -0.3 is 10.4 Å². The maximum atomic E-state index is 12.1. The highest BCUT2D eigenvalue weighted by Crippen LogP contribution is 2.34. The fraction of sp³-hybridized carbons (Fsp3) is 0.818. The Morgan fingerprint density at radius 1 is 1.39 bits per heavy atom. The van der Waals surface area contributed by atoms with Gasteiger partial charge in [0, 0.05) is 0 Å². The molecule has 0 spiro atoms. The molecule has 0 aromatic carbocycles. The number of rotatable bonds is 3. The van der Waals surface area contributed by atoms with E-state index in [9.17, 15) is 27.9 Å². The lowest BCUT2D eigenvalue weighted by atomic mass is 9.73. The second-order valence-electron chi connectivity index (χ2n) is 4.76. The zero-order valence-electron chi connectivity index (χ0n) is 10.0. The number of alkyl halides is 3. The molecule has 1 rings (SSSR count). The van der Waals surface area contributed by atoms with Crippen molar-refractivity contribution in [3.63, 3.8) is 0 Å². The molecular formula is C11H16F3NO3. The van der Waals surface area contributed by atoms with E-state index < -0.39 is 30.0 Å². The summed E-state index contributed by atoms with van der Waals surface area (Å²) in [5.74, 6) is -2.91. The maximum Gasteiger partial charge on any atom is 0.397 e. The molecule has 0 saturated heterocycles. The van der Waals surface area contributed by atoms with E-state index in [4.69, 9.17) is 0 Å². The van der Waals surface area contributed by atoms with Crippen LogP contribution in [0, 0.1) is 5.92 Å². The number of aliphatic carboxylic acids is 1. The number of carbonyl (C=O) groups excluding carboxylic acids is 1. The number of carboxylic acids is 1. The number of amides is 1. The van der Waals surface area contributed by atoms with E-state index >= 15 is 0 Å². The lowest BCUT2D eigenvalue weighted by Gasteiger charge is -2.39. The second kappa shape index (κ2) is 5.16. The van der Waals surface area contributed by atoms with E-state index in [-0.39, 0.29) is 12.3 Å². The first-order valence-electron chi connectivity index (χ1n) is 5.78. The van der Waals surface area contributed by atoms with Gasteiger partial charge in [-0.15, -0.1) is 0 Å². The molecule has 0 aromatic rings. The minimum Gasteiger partial charge on any atom is -0.479 e. The summed E-state index contributed by atoms with van der Waals surface area (Å²) in [7, 11) is 0. The summed E-state index contributed by atoms with van der Waals surface area (Å²) in [5.41, 5.74) is -1.55. The molecule has 0 heterocycles. The van der Waals surface area contributed by atoms with E-state index in [0.717, 1.165) is 6.42 Å². The summed E-state index contributed by atoms with van der Waals surface area (Å²) >= 11 is 0. The van der Waals surface area contributed by atoms with Gasteiger partial charge in [-0.05, 0) is 18.8 Å². The molecule has 1 aliphatic carbocycles. The highest BCUT2D eigenvalue weighted by atomic mass is 19.4. The average Bonchev–Trinajstić information content (AvgIpc) is 2.18. The van der Waals surface area contributed by atoms with Crippen LogP contribution in [0.5, 0.6) is 0 Å². The maximum absolute atomic E-state index is 12.1. The van der Waals surface area contributed by atoms with E-state index in [1.165, 1.54) is 0 Å². The lowest BCUT2D eigenvalue weighted by molar-refractivity contribution is -0.162. The third-order valence-electron chi connectivity index (χ3n) is 3.40. The van der Waals surface area contributed by atoms with Crippen molar-refractivity contribution in [1.29, 1.82) is 0 Å². The highest BCUT2D eigenvalue weighted by molar-refractivity contribution is 5.87. The number of halogens is 3. The first kappa shape index (κ1) is 14.8. The molecule has 0 bridgehead atoms. The molecule has 1 fully saturated rings. The van der Waals surface area contributed by atoms with Crippen molar-refractivity contribution >= 4 is 11.9 Å². The molecule has 2 N–H and O–H groups in total. The fourth-order valence-corrected chi connectivity index (χ4v) is 2.38. The molecular weight excluding hydrogens is 251 g/mol. The fourth-order valence-electron chi connectivity index (χ4n) is 2.38. The average molecular weight is 267 g/mol. The van der Waals surface area contributed by atoms with Gasteiger partial charge in [-0.1, -0.05) is 19.8 Å². The number of nitrogens with one attached hydrogen (secondary N) is 1. The van der Waals surface area contributed by atoms with Crippen LogP contribution in [0.15, 0.2) is 0 Å². The zero-order valence-corrected chi connectivity index (χ0v) is 10.0. The molecule has 7 heteroatoms. The van der Waals surface area contributed by atoms with Crippen LogP contribution in [0.25, 0.3) is 0 Å². The van der Waals surface area contributed by atoms with Crippen LogP contribution < -0.4 is 5.32 Å². The van der Waals surface area contributed by atoms with Gasteiger partial charge in [0.05, 0.1) is 0 Å². The molecule has 1 aliphatic rings. The van der Waals surface area contributed by atoms with Crippen molar-refractivity contribution in [1.82, 2.24) is 5.32 Å². The van der Waals surface area contributed by atoms with Crippen molar-refractivity contribution in [3.8, 4) is 0 Å². The number of hydrogen-bond acceptors (Lipinski definition) is 2. The Morgan fingerprint density at radius 2 is 2.00 bits per heavy atom. The summed E-state index contributed by atoms with van der Waals surface area (Å²) in [6.07, 6.45) is -4.10. The second-order valence-corrected chi connectivity index (χ2v) is 4.76. The zero-order chi connectivity index (χ0) is 14.0. The van der Waals surface area contributed by atoms with Crippen LogP contribution >= 0.6 is 0 Å². The van der Waals surface area contributed by atoms with Crippen LogP contribution in [0.4, 0.5) is 13.2 Å². The molecule has 18 heavy (non-hydrogen) atoms. The molecule has 0 radical (unpaired) electrons. The Bertz CT molecular complexity index is 343. The van der Waals surface area contributed by atoms with Crippen molar-refractivity contribution in [2.45, 2.75) is 50.7 Å². The van der Waals surface area contributed by atoms with Gasteiger partial charge in [0.1, 0.15) is 12.0 Å². The largest absolute Gasteiger partial charge is 0.479 e. The van der Waals surface area contributed by atoms with Crippen LogP contribution in [0.2, 0.25) is 0 Å². The van der Waals surface area contributed by atoms with Crippen LogP contribution in [0.3, 0.4) is 0 Å². The van der Waals surface area contributed by atoms with E-state index in [0.29, 0.717) is 12.8 Å². The number of carbonyl (C=O) groups is 2. The Labute approximate surface area is 103 Å². The molecule has 0 aliphatic heterocycles. The monoisotopic (exact) mass is 267 g/mol. The van der Waals surface area contributed by atoms with E-state index in [1.807, 2.05) is 0 Å². The van der Waals surface area contributed by atoms with Crippen LogP contribution in [0.1, 0.15) is 39.0 Å². The SMILES string of the molecule is CC1CCCCC1(NC(=O)CC(F)(F)F)C(=O)O. The Balaban J connectivity index is 2.80. The molecule has 104 valence electrons. The van der Waals surface area contributed by atoms with Gasteiger partial charge >= 0.3 is 12.1 Å². The minimum atomic E-state index is -4.62. The van der Waals surface area contributed by atoms with Gasteiger partial charge in [-0.25, -0.2) is 4.79 Å². The van der Waals surface area contributed by atoms with E-state index in [2.05, 4.69) is 5.32 Å². The van der Waals surface area contributed by atoms with Crippen molar-refractivity contribution in [2.75, 3.05) is 0 Å². The first-order chi connectivity index (χ1) is 8.17. The van der Waals surface area contributed by atoms with Crippen molar-refractivity contribution in [3.05, 3.63) is 0 Å². The van der Waals surface area contributed by atoms with Gasteiger partial charge in [0.2, 0.25) is 5.91 Å². The number of carboxylic acid groups (broad SMARTS) is 1. The van der Waals surface area contributed by atoms with Gasteiger partial charge in [0.15, 0.2) is 0 Å². The summed E-state index contributed by atoms with van der Waals surface area (Å²) in [6.45, 7) is 1.64.